The average molecular weight is 293 g/mol. The lowest BCUT2D eigenvalue weighted by Crippen LogP contribution is -2.04. The standard InChI is InChI=1S/C15H16FNO2S/c1-11-3-8-14(20(2,18)19)9-15(11)17-10-12-4-6-13(16)7-5-12/h3-9,17H,10H2,1-2H3. The second kappa shape index (κ2) is 5.63. The molecule has 0 atom stereocenters. The van der Waals surface area contributed by atoms with Crippen molar-refractivity contribution in [1.29, 1.82) is 0 Å². The van der Waals surface area contributed by atoms with Gasteiger partial charge >= 0.3 is 0 Å². The van der Waals surface area contributed by atoms with E-state index < -0.39 is 9.84 Å². The number of nitrogens with one attached hydrogen (secondary N) is 1. The van der Waals surface area contributed by atoms with Crippen molar-refractivity contribution in [2.75, 3.05) is 11.6 Å². The molecule has 0 aliphatic rings. The fourth-order valence-corrected chi connectivity index (χ4v) is 2.47. The maximum absolute atomic E-state index is 12.8. The van der Waals surface area contributed by atoms with Crippen LogP contribution in [-0.2, 0) is 16.4 Å². The van der Waals surface area contributed by atoms with E-state index in [1.807, 2.05) is 6.92 Å². The van der Waals surface area contributed by atoms with Gasteiger partial charge in [-0.3, -0.25) is 0 Å². The normalized spacial score (nSPS) is 11.3. The number of anilines is 1. The summed E-state index contributed by atoms with van der Waals surface area (Å²) in [5.74, 6) is -0.274. The van der Waals surface area contributed by atoms with Crippen LogP contribution in [0, 0.1) is 12.7 Å². The van der Waals surface area contributed by atoms with Crippen molar-refractivity contribution in [2.24, 2.45) is 0 Å². The number of hydrogen-bond donors (Lipinski definition) is 1. The van der Waals surface area contributed by atoms with Crippen LogP contribution in [0.1, 0.15) is 11.1 Å². The summed E-state index contributed by atoms with van der Waals surface area (Å²) >= 11 is 0. The summed E-state index contributed by atoms with van der Waals surface area (Å²) in [4.78, 5) is 0.282. The van der Waals surface area contributed by atoms with Gasteiger partial charge in [-0.2, -0.15) is 0 Å². The highest BCUT2D eigenvalue weighted by Crippen LogP contribution is 2.21. The van der Waals surface area contributed by atoms with Crippen LogP contribution < -0.4 is 5.32 Å². The fourth-order valence-electron chi connectivity index (χ4n) is 1.82. The van der Waals surface area contributed by atoms with Gasteiger partial charge in [0.05, 0.1) is 4.90 Å². The van der Waals surface area contributed by atoms with Crippen LogP contribution in [0.25, 0.3) is 0 Å². The summed E-state index contributed by atoms with van der Waals surface area (Å²) in [6.07, 6.45) is 1.18. The molecule has 106 valence electrons. The van der Waals surface area contributed by atoms with E-state index >= 15 is 0 Å². The molecule has 20 heavy (non-hydrogen) atoms. The minimum Gasteiger partial charge on any atom is -0.381 e. The Morgan fingerprint density at radius 3 is 2.35 bits per heavy atom. The lowest BCUT2D eigenvalue weighted by Gasteiger charge is -2.11. The number of sulfone groups is 1. The predicted molar refractivity (Wildman–Crippen MR) is 78.0 cm³/mol. The molecule has 0 bridgehead atoms. The minimum absolute atomic E-state index is 0.274. The second-order valence-corrected chi connectivity index (χ2v) is 6.74. The maximum atomic E-state index is 12.8. The lowest BCUT2D eigenvalue weighted by atomic mass is 10.2. The van der Waals surface area contributed by atoms with Crippen molar-refractivity contribution >= 4 is 15.5 Å². The number of benzene rings is 2. The molecule has 0 radical (unpaired) electrons. The van der Waals surface area contributed by atoms with Crippen LogP contribution in [0.15, 0.2) is 47.4 Å². The molecule has 5 heteroatoms. The van der Waals surface area contributed by atoms with E-state index in [9.17, 15) is 12.8 Å². The molecule has 0 unspecified atom stereocenters. The predicted octanol–water partition coefficient (Wildman–Crippen LogP) is 3.15. The van der Waals surface area contributed by atoms with E-state index in [-0.39, 0.29) is 10.7 Å². The van der Waals surface area contributed by atoms with Crippen molar-refractivity contribution in [3.05, 3.63) is 59.4 Å². The van der Waals surface area contributed by atoms with Gasteiger partial charge in [0.25, 0.3) is 0 Å². The molecule has 3 nitrogen and oxygen atoms in total. The molecule has 0 saturated carbocycles. The first-order chi connectivity index (χ1) is 9.36. The third kappa shape index (κ3) is 3.57. The summed E-state index contributed by atoms with van der Waals surface area (Å²) < 4.78 is 35.9. The quantitative estimate of drug-likeness (QED) is 0.942. The number of aryl methyl sites for hydroxylation is 1. The monoisotopic (exact) mass is 293 g/mol. The van der Waals surface area contributed by atoms with Crippen LogP contribution in [0.2, 0.25) is 0 Å². The van der Waals surface area contributed by atoms with Gasteiger partial charge in [0.1, 0.15) is 5.82 Å². The van der Waals surface area contributed by atoms with E-state index in [1.165, 1.54) is 18.4 Å². The van der Waals surface area contributed by atoms with Gasteiger partial charge in [-0.1, -0.05) is 18.2 Å². The summed E-state index contributed by atoms with van der Waals surface area (Å²) in [5.41, 5.74) is 2.65. The van der Waals surface area contributed by atoms with E-state index in [0.29, 0.717) is 6.54 Å². The van der Waals surface area contributed by atoms with Crippen molar-refractivity contribution < 1.29 is 12.8 Å². The molecule has 0 fully saturated rings. The Bertz CT molecular complexity index is 709. The Morgan fingerprint density at radius 2 is 1.75 bits per heavy atom. The van der Waals surface area contributed by atoms with Crippen LogP contribution >= 0.6 is 0 Å². The molecule has 0 spiro atoms. The third-order valence-corrected chi connectivity index (χ3v) is 4.14. The van der Waals surface area contributed by atoms with E-state index in [4.69, 9.17) is 0 Å². The Labute approximate surface area is 118 Å². The molecule has 1 N–H and O–H groups in total. The van der Waals surface area contributed by atoms with Crippen molar-refractivity contribution in [1.82, 2.24) is 0 Å². The first kappa shape index (κ1) is 14.5. The van der Waals surface area contributed by atoms with Crippen molar-refractivity contribution in [3.63, 3.8) is 0 Å². The number of rotatable bonds is 4. The van der Waals surface area contributed by atoms with Gasteiger partial charge in [-0.15, -0.1) is 0 Å². The molecule has 2 aromatic carbocycles. The van der Waals surface area contributed by atoms with Gasteiger partial charge in [-0.25, -0.2) is 12.8 Å². The van der Waals surface area contributed by atoms with Crippen LogP contribution in [-0.4, -0.2) is 14.7 Å². The highest BCUT2D eigenvalue weighted by atomic mass is 32.2. The number of hydrogen-bond acceptors (Lipinski definition) is 3. The summed E-state index contributed by atoms with van der Waals surface area (Å²) in [7, 11) is -3.22. The highest BCUT2D eigenvalue weighted by molar-refractivity contribution is 7.90. The van der Waals surface area contributed by atoms with Crippen molar-refractivity contribution in [3.8, 4) is 0 Å². The first-order valence-corrected chi connectivity index (χ1v) is 8.04. The van der Waals surface area contributed by atoms with E-state index in [0.717, 1.165) is 16.8 Å². The molecular formula is C15H16FNO2S. The average Bonchev–Trinajstić information content (AvgIpc) is 2.38. The molecule has 0 heterocycles. The van der Waals surface area contributed by atoms with Crippen LogP contribution in [0.4, 0.5) is 10.1 Å². The molecule has 2 aromatic rings. The summed E-state index contributed by atoms with van der Waals surface area (Å²) in [6, 6.07) is 11.2. The zero-order valence-electron chi connectivity index (χ0n) is 11.4. The lowest BCUT2D eigenvalue weighted by molar-refractivity contribution is 0.602. The number of halogens is 1. The molecule has 0 aromatic heterocycles. The zero-order chi connectivity index (χ0) is 14.8. The molecule has 0 saturated heterocycles. The van der Waals surface area contributed by atoms with Crippen LogP contribution in [0.3, 0.4) is 0 Å². The second-order valence-electron chi connectivity index (χ2n) is 4.73. The van der Waals surface area contributed by atoms with Gasteiger partial charge in [-0.05, 0) is 42.3 Å². The van der Waals surface area contributed by atoms with E-state index in [1.54, 1.807) is 30.3 Å². The Morgan fingerprint density at radius 1 is 1.10 bits per heavy atom. The van der Waals surface area contributed by atoms with Crippen molar-refractivity contribution in [2.45, 2.75) is 18.4 Å². The molecular weight excluding hydrogens is 277 g/mol. The zero-order valence-corrected chi connectivity index (χ0v) is 12.2. The highest BCUT2D eigenvalue weighted by Gasteiger charge is 2.09. The Balaban J connectivity index is 2.19. The maximum Gasteiger partial charge on any atom is 0.175 e. The molecule has 0 aliphatic heterocycles. The molecule has 2 rings (SSSR count). The largest absolute Gasteiger partial charge is 0.381 e. The topological polar surface area (TPSA) is 46.2 Å². The van der Waals surface area contributed by atoms with Gasteiger partial charge < -0.3 is 5.32 Å². The summed E-state index contributed by atoms with van der Waals surface area (Å²) in [5, 5.41) is 3.17. The Hall–Kier alpha value is -1.88. The SMILES string of the molecule is Cc1ccc(S(C)(=O)=O)cc1NCc1ccc(F)cc1. The van der Waals surface area contributed by atoms with Crippen LogP contribution in [0.5, 0.6) is 0 Å². The first-order valence-electron chi connectivity index (χ1n) is 6.15. The third-order valence-electron chi connectivity index (χ3n) is 3.03. The Kier molecular flexibility index (Phi) is 4.09. The fraction of sp³-hybridized carbons (Fsp3) is 0.200. The van der Waals surface area contributed by atoms with Gasteiger partial charge in [0.15, 0.2) is 9.84 Å². The molecule has 0 aliphatic carbocycles. The minimum atomic E-state index is -3.22. The van der Waals surface area contributed by atoms with Gasteiger partial charge in [0.2, 0.25) is 0 Å². The van der Waals surface area contributed by atoms with Gasteiger partial charge in [0, 0.05) is 18.5 Å². The smallest absolute Gasteiger partial charge is 0.175 e. The summed E-state index contributed by atoms with van der Waals surface area (Å²) in [6.45, 7) is 2.41. The molecule has 0 amide bonds. The van der Waals surface area contributed by atoms with E-state index in [2.05, 4.69) is 5.32 Å².